The molecule has 0 spiro atoms. The molecule has 2 unspecified atom stereocenters. The van der Waals surface area contributed by atoms with Gasteiger partial charge in [0, 0.05) is 19.6 Å². The van der Waals surface area contributed by atoms with Gasteiger partial charge in [0.25, 0.3) is 0 Å². The van der Waals surface area contributed by atoms with Crippen LogP contribution in [0.1, 0.15) is 41.0 Å². The fraction of sp³-hybridized carbons (Fsp3) is 0.923. The van der Waals surface area contributed by atoms with Crippen LogP contribution in [0.2, 0.25) is 0 Å². The Morgan fingerprint density at radius 3 is 2.00 bits per heavy atom. The average Bonchev–Trinajstić information content (AvgIpc) is 2.27. The monoisotopic (exact) mass is 246 g/mol. The van der Waals surface area contributed by atoms with E-state index in [-0.39, 0.29) is 12.1 Å². The molecule has 0 amide bonds. The number of hydrogen-bond donors (Lipinski definition) is 0. The van der Waals surface area contributed by atoms with Gasteiger partial charge in [0.15, 0.2) is 6.10 Å². The fourth-order valence-electron chi connectivity index (χ4n) is 1.63. The van der Waals surface area contributed by atoms with Crippen LogP contribution in [0.5, 0.6) is 0 Å². The lowest BCUT2D eigenvalue weighted by Crippen LogP contribution is -2.34. The molecule has 4 nitrogen and oxygen atoms in total. The minimum Gasteiger partial charge on any atom is -0.464 e. The molecule has 0 saturated heterocycles. The molecule has 0 bridgehead atoms. The second-order valence-corrected chi connectivity index (χ2v) is 4.17. The van der Waals surface area contributed by atoms with Gasteiger partial charge in [-0.2, -0.15) is 0 Å². The van der Waals surface area contributed by atoms with Crippen LogP contribution in [0.3, 0.4) is 0 Å². The van der Waals surface area contributed by atoms with Gasteiger partial charge in [-0.1, -0.05) is 13.8 Å². The van der Waals surface area contributed by atoms with Crippen molar-refractivity contribution in [3.05, 3.63) is 0 Å². The molecule has 0 N–H and O–H groups in total. The number of ether oxygens (including phenoxy) is 3. The lowest BCUT2D eigenvalue weighted by Gasteiger charge is -2.25. The Morgan fingerprint density at radius 2 is 1.59 bits per heavy atom. The van der Waals surface area contributed by atoms with Gasteiger partial charge in [0.2, 0.25) is 0 Å². The van der Waals surface area contributed by atoms with Crippen molar-refractivity contribution in [2.75, 3.05) is 19.8 Å². The quantitative estimate of drug-likeness (QED) is 0.586. The lowest BCUT2D eigenvalue weighted by atomic mass is 10.0. The van der Waals surface area contributed by atoms with E-state index in [2.05, 4.69) is 13.8 Å². The number of esters is 1. The first-order chi connectivity index (χ1) is 8.06. The molecule has 0 rings (SSSR count). The van der Waals surface area contributed by atoms with Crippen molar-refractivity contribution in [2.45, 2.75) is 53.2 Å². The van der Waals surface area contributed by atoms with Crippen molar-refractivity contribution in [3.8, 4) is 0 Å². The summed E-state index contributed by atoms with van der Waals surface area (Å²) in [5.74, 6) is 0.0621. The summed E-state index contributed by atoms with van der Waals surface area (Å²) < 4.78 is 16.0. The Hall–Kier alpha value is -0.610. The van der Waals surface area contributed by atoms with Crippen LogP contribution < -0.4 is 0 Å². The van der Waals surface area contributed by atoms with Crippen molar-refractivity contribution in [1.29, 1.82) is 0 Å². The molecule has 0 aromatic rings. The molecule has 17 heavy (non-hydrogen) atoms. The fourth-order valence-corrected chi connectivity index (χ4v) is 1.63. The van der Waals surface area contributed by atoms with Gasteiger partial charge in [-0.3, -0.25) is 0 Å². The Labute approximate surface area is 105 Å². The largest absolute Gasteiger partial charge is 0.464 e. The number of carbonyl (C=O) groups is 1. The highest BCUT2D eigenvalue weighted by atomic mass is 16.6. The van der Waals surface area contributed by atoms with Crippen molar-refractivity contribution in [2.24, 2.45) is 5.92 Å². The summed E-state index contributed by atoms with van der Waals surface area (Å²) in [4.78, 5) is 11.7. The molecule has 0 aromatic carbocycles. The maximum Gasteiger partial charge on any atom is 0.335 e. The van der Waals surface area contributed by atoms with Gasteiger partial charge in [0.1, 0.15) is 0 Å². The highest BCUT2D eigenvalue weighted by Crippen LogP contribution is 2.16. The Kier molecular flexibility index (Phi) is 9.09. The van der Waals surface area contributed by atoms with E-state index in [1.807, 2.05) is 13.8 Å². The van der Waals surface area contributed by atoms with Crippen LogP contribution in [-0.2, 0) is 19.0 Å². The summed E-state index contributed by atoms with van der Waals surface area (Å²) >= 11 is 0. The number of hydrogen-bond acceptors (Lipinski definition) is 4. The van der Waals surface area contributed by atoms with Gasteiger partial charge in [-0.25, -0.2) is 4.79 Å². The molecule has 0 aliphatic heterocycles. The highest BCUT2D eigenvalue weighted by molar-refractivity contribution is 5.74. The standard InChI is InChI=1S/C13H26O4/c1-6-15-11(10(4)5)9-12(16-7-2)13(14)17-8-3/h10-12H,6-9H2,1-5H3. The molecule has 0 aromatic heterocycles. The molecule has 102 valence electrons. The van der Waals surface area contributed by atoms with Crippen molar-refractivity contribution in [3.63, 3.8) is 0 Å². The van der Waals surface area contributed by atoms with E-state index in [0.717, 1.165) is 0 Å². The van der Waals surface area contributed by atoms with Crippen LogP contribution in [-0.4, -0.2) is 38.0 Å². The van der Waals surface area contributed by atoms with E-state index in [9.17, 15) is 4.79 Å². The van der Waals surface area contributed by atoms with Crippen LogP contribution >= 0.6 is 0 Å². The van der Waals surface area contributed by atoms with E-state index in [1.165, 1.54) is 0 Å². The molecule has 0 aliphatic rings. The zero-order valence-electron chi connectivity index (χ0n) is 11.7. The normalized spacial score (nSPS) is 14.7. The summed E-state index contributed by atoms with van der Waals surface area (Å²) in [7, 11) is 0. The van der Waals surface area contributed by atoms with Crippen LogP contribution in [0.25, 0.3) is 0 Å². The topological polar surface area (TPSA) is 44.8 Å². The van der Waals surface area contributed by atoms with Gasteiger partial charge < -0.3 is 14.2 Å². The van der Waals surface area contributed by atoms with Crippen LogP contribution in [0, 0.1) is 5.92 Å². The van der Waals surface area contributed by atoms with Crippen LogP contribution in [0.15, 0.2) is 0 Å². The SMILES string of the molecule is CCOC(=O)C(CC(OCC)C(C)C)OCC. The Morgan fingerprint density at radius 1 is 1.00 bits per heavy atom. The predicted molar refractivity (Wildman–Crippen MR) is 66.9 cm³/mol. The smallest absolute Gasteiger partial charge is 0.335 e. The molecular weight excluding hydrogens is 220 g/mol. The predicted octanol–water partition coefficient (Wildman–Crippen LogP) is 2.41. The minimum absolute atomic E-state index is 0.0287. The summed E-state index contributed by atoms with van der Waals surface area (Å²) in [6.45, 7) is 11.3. The second kappa shape index (κ2) is 9.42. The van der Waals surface area contributed by atoms with E-state index in [0.29, 0.717) is 32.2 Å². The number of carbonyl (C=O) groups excluding carboxylic acids is 1. The molecular formula is C13H26O4. The molecule has 0 radical (unpaired) electrons. The summed E-state index contributed by atoms with van der Waals surface area (Å²) in [5, 5.41) is 0. The van der Waals surface area contributed by atoms with Gasteiger partial charge in [-0.15, -0.1) is 0 Å². The van der Waals surface area contributed by atoms with Crippen LogP contribution in [0.4, 0.5) is 0 Å². The zero-order chi connectivity index (χ0) is 13.3. The number of rotatable bonds is 9. The third-order valence-electron chi connectivity index (χ3n) is 2.49. The molecule has 0 aliphatic carbocycles. The average molecular weight is 246 g/mol. The van der Waals surface area contributed by atoms with Crippen molar-refractivity contribution < 1.29 is 19.0 Å². The van der Waals surface area contributed by atoms with Gasteiger partial charge >= 0.3 is 5.97 Å². The minimum atomic E-state index is -0.515. The van der Waals surface area contributed by atoms with E-state index in [1.54, 1.807) is 6.92 Å². The Balaban J connectivity index is 4.42. The highest BCUT2D eigenvalue weighted by Gasteiger charge is 2.26. The van der Waals surface area contributed by atoms with Crippen molar-refractivity contribution >= 4 is 5.97 Å². The lowest BCUT2D eigenvalue weighted by molar-refractivity contribution is -0.159. The molecule has 0 saturated carbocycles. The maximum atomic E-state index is 11.7. The second-order valence-electron chi connectivity index (χ2n) is 4.17. The van der Waals surface area contributed by atoms with E-state index in [4.69, 9.17) is 14.2 Å². The summed E-state index contributed by atoms with van der Waals surface area (Å²) in [6.07, 6.45) is 0.0675. The molecule has 2 atom stereocenters. The Bertz CT molecular complexity index is 204. The maximum absolute atomic E-state index is 11.7. The zero-order valence-corrected chi connectivity index (χ0v) is 11.7. The molecule has 0 heterocycles. The third kappa shape index (κ3) is 6.64. The molecule has 4 heteroatoms. The van der Waals surface area contributed by atoms with Gasteiger partial charge in [0.05, 0.1) is 12.7 Å². The van der Waals surface area contributed by atoms with Crippen molar-refractivity contribution in [1.82, 2.24) is 0 Å². The summed E-state index contributed by atoms with van der Waals surface area (Å²) in [5.41, 5.74) is 0. The molecule has 0 fully saturated rings. The first-order valence-electron chi connectivity index (χ1n) is 6.46. The van der Waals surface area contributed by atoms with E-state index >= 15 is 0 Å². The third-order valence-corrected chi connectivity index (χ3v) is 2.49. The first-order valence-corrected chi connectivity index (χ1v) is 6.46. The van der Waals surface area contributed by atoms with Gasteiger partial charge in [-0.05, 0) is 26.7 Å². The first kappa shape index (κ1) is 16.4. The summed E-state index contributed by atoms with van der Waals surface area (Å²) in [6, 6.07) is 0. The van der Waals surface area contributed by atoms with E-state index < -0.39 is 6.10 Å².